The van der Waals surface area contributed by atoms with Crippen LogP contribution in [0, 0.1) is 0 Å². The van der Waals surface area contributed by atoms with Crippen molar-refractivity contribution in [3.05, 3.63) is 22.2 Å². The lowest BCUT2D eigenvalue weighted by atomic mass is 10.4. The molecule has 0 amide bonds. The first-order valence-electron chi connectivity index (χ1n) is 3.92. The Hall–Kier alpha value is -1.49. The van der Waals surface area contributed by atoms with Crippen molar-refractivity contribution in [1.29, 1.82) is 0 Å². The van der Waals surface area contributed by atoms with E-state index in [9.17, 15) is 9.59 Å². The molecule has 0 atom stereocenters. The standard InChI is InChI=1S/C9H9NO3S/c1-13-9(12)7-6-14-8(10-7)4-2-3-5-11/h2,4-6H,3H2,1H3. The van der Waals surface area contributed by atoms with Gasteiger partial charge in [0, 0.05) is 11.8 Å². The Kier molecular flexibility index (Phi) is 4.00. The molecule has 1 aromatic rings. The number of rotatable bonds is 4. The van der Waals surface area contributed by atoms with Gasteiger partial charge in [-0.3, -0.25) is 0 Å². The molecule has 0 aromatic carbocycles. The van der Waals surface area contributed by atoms with Crippen molar-refractivity contribution < 1.29 is 14.3 Å². The maximum Gasteiger partial charge on any atom is 0.357 e. The number of carbonyl (C=O) groups is 2. The van der Waals surface area contributed by atoms with Gasteiger partial charge in [-0.05, 0) is 6.08 Å². The molecule has 0 unspecified atom stereocenters. The Balaban J connectivity index is 2.68. The normalized spacial score (nSPS) is 10.4. The third-order valence-corrected chi connectivity index (χ3v) is 2.22. The lowest BCUT2D eigenvalue weighted by Crippen LogP contribution is -2.00. The van der Waals surface area contributed by atoms with E-state index in [4.69, 9.17) is 0 Å². The predicted octanol–water partition coefficient (Wildman–Crippen LogP) is 1.53. The highest BCUT2D eigenvalue weighted by Crippen LogP contribution is 2.12. The van der Waals surface area contributed by atoms with Crippen molar-refractivity contribution >= 4 is 29.7 Å². The number of aromatic nitrogens is 1. The number of carbonyl (C=O) groups excluding carboxylic acids is 2. The molecule has 0 aliphatic carbocycles. The van der Waals surface area contributed by atoms with Crippen LogP contribution in [0.5, 0.6) is 0 Å². The van der Waals surface area contributed by atoms with Crippen LogP contribution < -0.4 is 0 Å². The number of ether oxygens (including phenoxy) is 1. The molecule has 0 aliphatic rings. The highest BCUT2D eigenvalue weighted by Gasteiger charge is 2.08. The molecule has 0 bridgehead atoms. The average molecular weight is 211 g/mol. The van der Waals surface area contributed by atoms with E-state index >= 15 is 0 Å². The van der Waals surface area contributed by atoms with E-state index in [-0.39, 0.29) is 0 Å². The monoisotopic (exact) mass is 211 g/mol. The fourth-order valence-electron chi connectivity index (χ4n) is 0.787. The molecule has 0 fully saturated rings. The van der Waals surface area contributed by atoms with Crippen LogP contribution in [0.2, 0.25) is 0 Å². The summed E-state index contributed by atoms with van der Waals surface area (Å²) >= 11 is 1.33. The minimum Gasteiger partial charge on any atom is -0.464 e. The second-order valence-electron chi connectivity index (χ2n) is 2.37. The molecule has 14 heavy (non-hydrogen) atoms. The van der Waals surface area contributed by atoms with Crippen LogP contribution in [0.1, 0.15) is 21.9 Å². The van der Waals surface area contributed by atoms with Gasteiger partial charge in [0.05, 0.1) is 7.11 Å². The molecule has 0 aliphatic heterocycles. The molecular weight excluding hydrogens is 202 g/mol. The minimum atomic E-state index is -0.448. The fourth-order valence-corrected chi connectivity index (χ4v) is 1.49. The van der Waals surface area contributed by atoms with Crippen LogP contribution in [0.25, 0.3) is 6.08 Å². The Morgan fingerprint density at radius 2 is 2.50 bits per heavy atom. The van der Waals surface area contributed by atoms with Crippen molar-refractivity contribution in [2.45, 2.75) is 6.42 Å². The number of allylic oxidation sites excluding steroid dienone is 1. The van der Waals surface area contributed by atoms with Crippen LogP contribution >= 0.6 is 11.3 Å². The Morgan fingerprint density at radius 3 is 3.14 bits per heavy atom. The summed E-state index contributed by atoms with van der Waals surface area (Å²) in [5.74, 6) is -0.448. The molecule has 0 radical (unpaired) electrons. The summed E-state index contributed by atoms with van der Waals surface area (Å²) in [5, 5.41) is 2.30. The van der Waals surface area contributed by atoms with Crippen molar-refractivity contribution in [3.8, 4) is 0 Å². The third-order valence-electron chi connectivity index (χ3n) is 1.41. The van der Waals surface area contributed by atoms with Gasteiger partial charge in [0.25, 0.3) is 0 Å². The van der Waals surface area contributed by atoms with E-state index in [2.05, 4.69) is 9.72 Å². The summed E-state index contributed by atoms with van der Waals surface area (Å²) in [7, 11) is 1.31. The maximum absolute atomic E-state index is 11.0. The van der Waals surface area contributed by atoms with Gasteiger partial charge in [-0.25, -0.2) is 9.78 Å². The number of aldehydes is 1. The number of hydrogen-bond donors (Lipinski definition) is 0. The second-order valence-corrected chi connectivity index (χ2v) is 3.26. The Bertz CT molecular complexity index is 357. The van der Waals surface area contributed by atoms with Crippen LogP contribution in [-0.4, -0.2) is 24.3 Å². The van der Waals surface area contributed by atoms with Crippen molar-refractivity contribution in [2.75, 3.05) is 7.11 Å². The Morgan fingerprint density at radius 1 is 1.71 bits per heavy atom. The van der Waals surface area contributed by atoms with Gasteiger partial charge in [0.2, 0.25) is 0 Å². The first kappa shape index (κ1) is 10.6. The number of methoxy groups -OCH3 is 1. The van der Waals surface area contributed by atoms with Crippen LogP contribution in [0.15, 0.2) is 11.5 Å². The summed E-state index contributed by atoms with van der Waals surface area (Å²) in [6, 6.07) is 0. The van der Waals surface area contributed by atoms with Gasteiger partial charge in [-0.2, -0.15) is 0 Å². The van der Waals surface area contributed by atoms with Crippen molar-refractivity contribution in [2.24, 2.45) is 0 Å². The molecule has 74 valence electrons. The summed E-state index contributed by atoms with van der Waals surface area (Å²) in [5.41, 5.74) is 0.295. The number of thiazole rings is 1. The molecule has 1 rings (SSSR count). The van der Waals surface area contributed by atoms with E-state index in [1.807, 2.05) is 0 Å². The summed E-state index contributed by atoms with van der Waals surface area (Å²) in [6.07, 6.45) is 4.54. The maximum atomic E-state index is 11.0. The van der Waals surface area contributed by atoms with E-state index in [1.165, 1.54) is 18.4 Å². The largest absolute Gasteiger partial charge is 0.464 e. The number of hydrogen-bond acceptors (Lipinski definition) is 5. The number of esters is 1. The SMILES string of the molecule is COC(=O)c1csc(C=CCC=O)n1. The summed E-state index contributed by atoms with van der Waals surface area (Å²) in [4.78, 5) is 25.0. The molecule has 0 N–H and O–H groups in total. The van der Waals surface area contributed by atoms with E-state index in [0.717, 1.165) is 6.29 Å². The molecule has 0 saturated heterocycles. The van der Waals surface area contributed by atoms with Crippen molar-refractivity contribution in [1.82, 2.24) is 4.98 Å². The third kappa shape index (κ3) is 2.77. The molecule has 4 nitrogen and oxygen atoms in total. The van der Waals surface area contributed by atoms with Crippen LogP contribution in [0.4, 0.5) is 0 Å². The highest BCUT2D eigenvalue weighted by molar-refractivity contribution is 7.10. The fraction of sp³-hybridized carbons (Fsp3) is 0.222. The molecular formula is C9H9NO3S. The van der Waals surface area contributed by atoms with E-state index in [0.29, 0.717) is 17.1 Å². The predicted molar refractivity (Wildman–Crippen MR) is 53.2 cm³/mol. The molecule has 0 saturated carbocycles. The minimum absolute atomic E-state index is 0.295. The Labute approximate surface area is 85.2 Å². The zero-order chi connectivity index (χ0) is 10.4. The zero-order valence-corrected chi connectivity index (χ0v) is 8.41. The molecule has 0 spiro atoms. The summed E-state index contributed by atoms with van der Waals surface area (Å²) < 4.78 is 4.50. The van der Waals surface area contributed by atoms with Gasteiger partial charge in [0.15, 0.2) is 5.69 Å². The first-order valence-corrected chi connectivity index (χ1v) is 4.80. The number of nitrogens with zero attached hydrogens (tertiary/aromatic N) is 1. The van der Waals surface area contributed by atoms with E-state index in [1.54, 1.807) is 17.5 Å². The topological polar surface area (TPSA) is 56.3 Å². The van der Waals surface area contributed by atoms with Gasteiger partial charge >= 0.3 is 5.97 Å². The van der Waals surface area contributed by atoms with Gasteiger partial charge in [-0.1, -0.05) is 6.08 Å². The molecule has 1 aromatic heterocycles. The zero-order valence-electron chi connectivity index (χ0n) is 7.60. The van der Waals surface area contributed by atoms with E-state index < -0.39 is 5.97 Å². The highest BCUT2D eigenvalue weighted by atomic mass is 32.1. The van der Waals surface area contributed by atoms with Gasteiger partial charge in [-0.15, -0.1) is 11.3 Å². The van der Waals surface area contributed by atoms with Gasteiger partial charge < -0.3 is 9.53 Å². The first-order chi connectivity index (χ1) is 6.77. The molecule has 5 heteroatoms. The van der Waals surface area contributed by atoms with Crippen molar-refractivity contribution in [3.63, 3.8) is 0 Å². The lowest BCUT2D eigenvalue weighted by molar-refractivity contribution is -0.107. The second kappa shape index (κ2) is 5.29. The molecule has 1 heterocycles. The lowest BCUT2D eigenvalue weighted by Gasteiger charge is -1.90. The van der Waals surface area contributed by atoms with Gasteiger partial charge in [0.1, 0.15) is 11.3 Å². The average Bonchev–Trinajstić information content (AvgIpc) is 2.66. The smallest absolute Gasteiger partial charge is 0.357 e. The summed E-state index contributed by atoms with van der Waals surface area (Å²) in [6.45, 7) is 0. The van der Waals surface area contributed by atoms with Crippen LogP contribution in [0.3, 0.4) is 0 Å². The quantitative estimate of drug-likeness (QED) is 0.560. The van der Waals surface area contributed by atoms with Crippen LogP contribution in [-0.2, 0) is 9.53 Å².